The molecule has 3 rings (SSSR count). The predicted octanol–water partition coefficient (Wildman–Crippen LogP) is 2.86. The third kappa shape index (κ3) is 4.72. The highest BCUT2D eigenvalue weighted by atomic mass is 35.5. The Labute approximate surface area is 154 Å². The van der Waals surface area contributed by atoms with Crippen molar-refractivity contribution in [1.82, 2.24) is 14.7 Å². The molecule has 0 unspecified atom stereocenters. The SMILES string of the molecule is CCN1CCN(C(=O)C2CCN(Cc3ccc(Cl)cc3F)CC2)CC1. The zero-order valence-corrected chi connectivity index (χ0v) is 15.6. The maximum Gasteiger partial charge on any atom is 0.225 e. The molecule has 0 spiro atoms. The Hall–Kier alpha value is -1.17. The van der Waals surface area contributed by atoms with Crippen LogP contribution in [-0.4, -0.2) is 66.4 Å². The zero-order valence-electron chi connectivity index (χ0n) is 14.9. The van der Waals surface area contributed by atoms with E-state index in [-0.39, 0.29) is 11.7 Å². The second kappa shape index (κ2) is 8.47. The number of halogens is 2. The molecular weight excluding hydrogens is 341 g/mol. The summed E-state index contributed by atoms with van der Waals surface area (Å²) in [7, 11) is 0. The zero-order chi connectivity index (χ0) is 17.8. The van der Waals surface area contributed by atoms with E-state index in [0.29, 0.717) is 23.0 Å². The fourth-order valence-corrected chi connectivity index (χ4v) is 3.93. The van der Waals surface area contributed by atoms with Crippen LogP contribution in [0.4, 0.5) is 4.39 Å². The fraction of sp³-hybridized carbons (Fsp3) is 0.632. The monoisotopic (exact) mass is 367 g/mol. The van der Waals surface area contributed by atoms with Crippen molar-refractivity contribution in [3.8, 4) is 0 Å². The molecule has 4 nitrogen and oxygen atoms in total. The van der Waals surface area contributed by atoms with E-state index in [0.717, 1.165) is 58.7 Å². The number of benzene rings is 1. The Balaban J connectivity index is 1.47. The Morgan fingerprint density at radius 2 is 1.80 bits per heavy atom. The van der Waals surface area contributed by atoms with Gasteiger partial charge in [0.25, 0.3) is 0 Å². The first-order chi connectivity index (χ1) is 12.1. The minimum Gasteiger partial charge on any atom is -0.340 e. The number of hydrogen-bond donors (Lipinski definition) is 0. The highest BCUT2D eigenvalue weighted by Gasteiger charge is 2.30. The van der Waals surface area contributed by atoms with E-state index in [9.17, 15) is 9.18 Å². The van der Waals surface area contributed by atoms with Crippen LogP contribution in [0.3, 0.4) is 0 Å². The topological polar surface area (TPSA) is 26.8 Å². The molecule has 0 radical (unpaired) electrons. The van der Waals surface area contributed by atoms with Crippen LogP contribution in [0.2, 0.25) is 5.02 Å². The van der Waals surface area contributed by atoms with Gasteiger partial charge in [0.1, 0.15) is 5.82 Å². The quantitative estimate of drug-likeness (QED) is 0.818. The van der Waals surface area contributed by atoms with E-state index in [1.165, 1.54) is 6.07 Å². The van der Waals surface area contributed by atoms with Gasteiger partial charge in [-0.3, -0.25) is 9.69 Å². The summed E-state index contributed by atoms with van der Waals surface area (Å²) in [5.74, 6) is 0.187. The van der Waals surface area contributed by atoms with Gasteiger partial charge in [-0.15, -0.1) is 0 Å². The van der Waals surface area contributed by atoms with Gasteiger partial charge in [0.2, 0.25) is 5.91 Å². The van der Waals surface area contributed by atoms with Crippen molar-refractivity contribution in [3.63, 3.8) is 0 Å². The lowest BCUT2D eigenvalue weighted by Gasteiger charge is -2.38. The molecule has 0 bridgehead atoms. The number of nitrogens with zero attached hydrogens (tertiary/aromatic N) is 3. The van der Waals surface area contributed by atoms with E-state index in [4.69, 9.17) is 11.6 Å². The molecule has 0 aliphatic carbocycles. The van der Waals surface area contributed by atoms with Gasteiger partial charge < -0.3 is 9.80 Å². The third-order valence-corrected chi connectivity index (χ3v) is 5.71. The molecule has 2 fully saturated rings. The largest absolute Gasteiger partial charge is 0.340 e. The van der Waals surface area contributed by atoms with Crippen molar-refractivity contribution < 1.29 is 9.18 Å². The molecule has 25 heavy (non-hydrogen) atoms. The first-order valence-corrected chi connectivity index (χ1v) is 9.62. The lowest BCUT2D eigenvalue weighted by atomic mass is 9.94. The average Bonchev–Trinajstić information content (AvgIpc) is 2.64. The lowest BCUT2D eigenvalue weighted by Crippen LogP contribution is -2.51. The molecule has 0 atom stereocenters. The smallest absolute Gasteiger partial charge is 0.225 e. The summed E-state index contributed by atoms with van der Waals surface area (Å²) in [6, 6.07) is 4.84. The standard InChI is InChI=1S/C19H27ClFN3O/c1-2-22-9-11-24(12-10-22)19(25)15-5-7-23(8-6-15)14-16-3-4-17(20)13-18(16)21/h3-4,13,15H,2,5-12,14H2,1H3. The molecular formula is C19H27ClFN3O. The van der Waals surface area contributed by atoms with E-state index in [1.807, 2.05) is 4.90 Å². The second-order valence-electron chi connectivity index (χ2n) is 7.05. The Kier molecular flexibility index (Phi) is 6.31. The van der Waals surface area contributed by atoms with Crippen molar-refractivity contribution in [3.05, 3.63) is 34.6 Å². The number of hydrogen-bond acceptors (Lipinski definition) is 3. The fourth-order valence-electron chi connectivity index (χ4n) is 3.77. The number of amides is 1. The Bertz CT molecular complexity index is 596. The molecule has 2 aliphatic heterocycles. The lowest BCUT2D eigenvalue weighted by molar-refractivity contribution is -0.138. The molecule has 1 aromatic rings. The molecule has 2 saturated heterocycles. The summed E-state index contributed by atoms with van der Waals surface area (Å²) >= 11 is 5.81. The molecule has 0 saturated carbocycles. The van der Waals surface area contributed by atoms with Gasteiger partial charge in [-0.25, -0.2) is 4.39 Å². The van der Waals surface area contributed by atoms with Gasteiger partial charge in [-0.1, -0.05) is 24.6 Å². The molecule has 0 N–H and O–H groups in total. The molecule has 1 aromatic carbocycles. The average molecular weight is 368 g/mol. The highest BCUT2D eigenvalue weighted by Crippen LogP contribution is 2.23. The summed E-state index contributed by atoms with van der Waals surface area (Å²) in [6.07, 6.45) is 1.73. The van der Waals surface area contributed by atoms with Gasteiger partial charge in [0.05, 0.1) is 0 Å². The maximum atomic E-state index is 13.9. The van der Waals surface area contributed by atoms with Gasteiger partial charge in [-0.2, -0.15) is 0 Å². The molecule has 2 heterocycles. The van der Waals surface area contributed by atoms with Crippen molar-refractivity contribution >= 4 is 17.5 Å². The highest BCUT2D eigenvalue weighted by molar-refractivity contribution is 6.30. The molecule has 6 heteroatoms. The minimum absolute atomic E-state index is 0.125. The molecule has 138 valence electrons. The number of carbonyl (C=O) groups excluding carboxylic acids is 1. The van der Waals surface area contributed by atoms with Crippen molar-refractivity contribution in [1.29, 1.82) is 0 Å². The predicted molar refractivity (Wildman–Crippen MR) is 98.1 cm³/mol. The molecule has 1 amide bonds. The first kappa shape index (κ1) is 18.6. The number of rotatable bonds is 4. The van der Waals surface area contributed by atoms with Crippen LogP contribution < -0.4 is 0 Å². The summed E-state index contributed by atoms with van der Waals surface area (Å²) < 4.78 is 13.9. The number of piperazine rings is 1. The Morgan fingerprint density at radius 3 is 2.40 bits per heavy atom. The van der Waals surface area contributed by atoms with Crippen LogP contribution in [0.5, 0.6) is 0 Å². The normalized spacial score (nSPS) is 20.8. The van der Waals surface area contributed by atoms with Crippen LogP contribution in [-0.2, 0) is 11.3 Å². The van der Waals surface area contributed by atoms with Crippen LogP contribution in [0.15, 0.2) is 18.2 Å². The van der Waals surface area contributed by atoms with Gasteiger partial charge in [0, 0.05) is 49.2 Å². The summed E-state index contributed by atoms with van der Waals surface area (Å²) in [6.45, 7) is 9.15. The number of piperidine rings is 1. The number of likely N-dealkylation sites (N-methyl/N-ethyl adjacent to an activating group) is 1. The van der Waals surface area contributed by atoms with Crippen molar-refractivity contribution in [2.75, 3.05) is 45.8 Å². The van der Waals surface area contributed by atoms with Gasteiger partial charge >= 0.3 is 0 Å². The minimum atomic E-state index is -0.250. The van der Waals surface area contributed by atoms with Crippen molar-refractivity contribution in [2.45, 2.75) is 26.3 Å². The summed E-state index contributed by atoms with van der Waals surface area (Å²) in [5, 5.41) is 0.425. The van der Waals surface area contributed by atoms with Crippen LogP contribution in [0.1, 0.15) is 25.3 Å². The molecule has 2 aliphatic rings. The summed E-state index contributed by atoms with van der Waals surface area (Å²) in [4.78, 5) is 19.4. The summed E-state index contributed by atoms with van der Waals surface area (Å²) in [5.41, 5.74) is 0.671. The van der Waals surface area contributed by atoms with E-state index < -0.39 is 0 Å². The third-order valence-electron chi connectivity index (χ3n) is 5.48. The van der Waals surface area contributed by atoms with E-state index >= 15 is 0 Å². The Morgan fingerprint density at radius 1 is 1.12 bits per heavy atom. The number of likely N-dealkylation sites (tertiary alicyclic amines) is 1. The maximum absolute atomic E-state index is 13.9. The van der Waals surface area contributed by atoms with Gasteiger partial charge in [0.15, 0.2) is 0 Å². The van der Waals surface area contributed by atoms with Crippen LogP contribution in [0, 0.1) is 11.7 Å². The van der Waals surface area contributed by atoms with E-state index in [2.05, 4.69) is 16.7 Å². The van der Waals surface area contributed by atoms with Crippen molar-refractivity contribution in [2.24, 2.45) is 5.92 Å². The van der Waals surface area contributed by atoms with E-state index in [1.54, 1.807) is 12.1 Å². The number of carbonyl (C=O) groups is 1. The first-order valence-electron chi connectivity index (χ1n) is 9.24. The molecule has 0 aromatic heterocycles. The van der Waals surface area contributed by atoms with Gasteiger partial charge in [-0.05, 0) is 44.6 Å². The van der Waals surface area contributed by atoms with Crippen LogP contribution in [0.25, 0.3) is 0 Å². The second-order valence-corrected chi connectivity index (χ2v) is 7.48. The van der Waals surface area contributed by atoms with Crippen LogP contribution >= 0.6 is 11.6 Å².